The summed E-state index contributed by atoms with van der Waals surface area (Å²) in [6.07, 6.45) is -0.652. The van der Waals surface area contributed by atoms with Crippen LogP contribution in [0, 0.1) is 6.92 Å². The molecule has 102 valence electrons. The first-order chi connectivity index (χ1) is 8.36. The number of halogens is 1. The molecule has 1 rings (SSSR count). The van der Waals surface area contributed by atoms with Gasteiger partial charge in [0, 0.05) is 22.7 Å². The van der Waals surface area contributed by atoms with Crippen LogP contribution in [0.3, 0.4) is 0 Å². The number of rotatable bonds is 5. The van der Waals surface area contributed by atoms with Crippen LogP contribution >= 0.6 is 11.6 Å². The number of methoxy groups -OCH3 is 1. The summed E-state index contributed by atoms with van der Waals surface area (Å²) in [4.78, 5) is 0. The predicted molar refractivity (Wildman–Crippen MR) is 75.4 cm³/mol. The number of hydrogen-bond acceptors (Lipinski definition) is 3. The second-order valence-electron chi connectivity index (χ2n) is 4.90. The first-order valence-electron chi connectivity index (χ1n) is 6.15. The van der Waals surface area contributed by atoms with Gasteiger partial charge in [-0.05, 0) is 31.5 Å². The molecule has 1 aromatic carbocycles. The standard InChI is InChI=1S/C14H22ClNO2/c1-8(2)16-10(4)14(17)11-7-12(15)9(3)6-13(11)18-5/h6-8,10,14,16-17H,1-5H3. The average Bonchev–Trinajstić information content (AvgIpc) is 2.30. The van der Waals surface area contributed by atoms with Crippen LogP contribution in [0.1, 0.15) is 38.0 Å². The quantitative estimate of drug-likeness (QED) is 0.865. The summed E-state index contributed by atoms with van der Waals surface area (Å²) in [5, 5.41) is 14.3. The molecule has 0 heterocycles. The minimum absolute atomic E-state index is 0.0716. The zero-order valence-electron chi connectivity index (χ0n) is 11.6. The van der Waals surface area contributed by atoms with Crippen LogP contribution < -0.4 is 10.1 Å². The molecule has 18 heavy (non-hydrogen) atoms. The summed E-state index contributed by atoms with van der Waals surface area (Å²) >= 11 is 6.11. The van der Waals surface area contributed by atoms with Crippen molar-refractivity contribution in [3.05, 3.63) is 28.3 Å². The number of aryl methyl sites for hydroxylation is 1. The highest BCUT2D eigenvalue weighted by Crippen LogP contribution is 2.32. The van der Waals surface area contributed by atoms with Crippen molar-refractivity contribution in [2.45, 2.75) is 45.9 Å². The van der Waals surface area contributed by atoms with Gasteiger partial charge in [-0.3, -0.25) is 0 Å². The first-order valence-corrected chi connectivity index (χ1v) is 6.52. The maximum Gasteiger partial charge on any atom is 0.125 e. The van der Waals surface area contributed by atoms with Crippen LogP contribution in [0.25, 0.3) is 0 Å². The second-order valence-corrected chi connectivity index (χ2v) is 5.31. The van der Waals surface area contributed by atoms with Gasteiger partial charge in [0.05, 0.1) is 13.2 Å². The highest BCUT2D eigenvalue weighted by atomic mass is 35.5. The molecule has 2 atom stereocenters. The largest absolute Gasteiger partial charge is 0.496 e. The Kier molecular flexibility index (Phi) is 5.45. The molecule has 0 aromatic heterocycles. The molecule has 0 bridgehead atoms. The van der Waals surface area contributed by atoms with Crippen LogP contribution in [-0.4, -0.2) is 24.3 Å². The molecular formula is C14H22ClNO2. The van der Waals surface area contributed by atoms with Crippen molar-refractivity contribution in [2.24, 2.45) is 0 Å². The number of ether oxygens (including phenoxy) is 1. The van der Waals surface area contributed by atoms with Gasteiger partial charge in [0.15, 0.2) is 0 Å². The topological polar surface area (TPSA) is 41.5 Å². The van der Waals surface area contributed by atoms with Crippen LogP contribution in [0.4, 0.5) is 0 Å². The Hall–Kier alpha value is -0.770. The third-order valence-electron chi connectivity index (χ3n) is 2.90. The lowest BCUT2D eigenvalue weighted by Gasteiger charge is -2.24. The van der Waals surface area contributed by atoms with E-state index in [1.165, 1.54) is 0 Å². The van der Waals surface area contributed by atoms with Gasteiger partial charge < -0.3 is 15.2 Å². The normalized spacial score (nSPS) is 14.7. The van der Waals surface area contributed by atoms with Crippen molar-refractivity contribution < 1.29 is 9.84 Å². The van der Waals surface area contributed by atoms with Crippen molar-refractivity contribution in [1.82, 2.24) is 5.32 Å². The van der Waals surface area contributed by atoms with E-state index in [9.17, 15) is 5.11 Å². The zero-order chi connectivity index (χ0) is 13.9. The summed E-state index contributed by atoms with van der Waals surface area (Å²) in [6.45, 7) is 7.94. The first kappa shape index (κ1) is 15.3. The lowest BCUT2D eigenvalue weighted by atomic mass is 10.0. The van der Waals surface area contributed by atoms with E-state index in [2.05, 4.69) is 5.32 Å². The fourth-order valence-corrected chi connectivity index (χ4v) is 2.14. The monoisotopic (exact) mass is 271 g/mol. The molecule has 0 fully saturated rings. The average molecular weight is 272 g/mol. The van der Waals surface area contributed by atoms with Crippen LogP contribution in [0.15, 0.2) is 12.1 Å². The number of benzene rings is 1. The summed E-state index contributed by atoms with van der Waals surface area (Å²) in [5.74, 6) is 0.668. The van der Waals surface area contributed by atoms with Crippen molar-refractivity contribution in [3.63, 3.8) is 0 Å². The highest BCUT2D eigenvalue weighted by molar-refractivity contribution is 6.31. The number of aliphatic hydroxyl groups is 1. The van der Waals surface area contributed by atoms with Crippen molar-refractivity contribution >= 4 is 11.6 Å². The maximum atomic E-state index is 10.4. The third-order valence-corrected chi connectivity index (χ3v) is 3.31. The SMILES string of the molecule is COc1cc(C)c(Cl)cc1C(O)C(C)NC(C)C. The van der Waals surface area contributed by atoms with Gasteiger partial charge in [-0.25, -0.2) is 0 Å². The van der Waals surface area contributed by atoms with E-state index in [1.807, 2.05) is 33.8 Å². The number of nitrogens with one attached hydrogen (secondary N) is 1. The molecule has 0 aliphatic rings. The van der Waals surface area contributed by atoms with Crippen LogP contribution in [0.5, 0.6) is 5.75 Å². The minimum Gasteiger partial charge on any atom is -0.496 e. The molecule has 0 aliphatic carbocycles. The van der Waals surface area contributed by atoms with Crippen molar-refractivity contribution in [3.8, 4) is 5.75 Å². The zero-order valence-corrected chi connectivity index (χ0v) is 12.4. The van der Waals surface area contributed by atoms with Gasteiger partial charge in [0.2, 0.25) is 0 Å². The Morgan fingerprint density at radius 2 is 1.89 bits per heavy atom. The summed E-state index contributed by atoms with van der Waals surface area (Å²) in [7, 11) is 1.60. The van der Waals surface area contributed by atoms with E-state index in [1.54, 1.807) is 13.2 Å². The molecule has 0 aliphatic heterocycles. The Balaban J connectivity index is 3.04. The molecular weight excluding hydrogens is 250 g/mol. The van der Waals surface area contributed by atoms with Crippen LogP contribution in [0.2, 0.25) is 5.02 Å². The molecule has 0 radical (unpaired) electrons. The Morgan fingerprint density at radius 1 is 1.28 bits per heavy atom. The molecule has 0 spiro atoms. The Labute approximate surface area is 114 Å². The molecule has 0 amide bonds. The highest BCUT2D eigenvalue weighted by Gasteiger charge is 2.21. The second kappa shape index (κ2) is 6.41. The van der Waals surface area contributed by atoms with Gasteiger partial charge in [0.1, 0.15) is 5.75 Å². The van der Waals surface area contributed by atoms with E-state index in [0.717, 1.165) is 5.56 Å². The molecule has 1 aromatic rings. The van der Waals surface area contributed by atoms with Crippen molar-refractivity contribution in [2.75, 3.05) is 7.11 Å². The Bertz CT molecular complexity index is 407. The van der Waals surface area contributed by atoms with Gasteiger partial charge in [-0.2, -0.15) is 0 Å². The molecule has 4 heteroatoms. The predicted octanol–water partition coefficient (Wildman–Crippen LogP) is 3.08. The number of aliphatic hydroxyl groups excluding tert-OH is 1. The lowest BCUT2D eigenvalue weighted by Crippen LogP contribution is -2.37. The minimum atomic E-state index is -0.652. The van der Waals surface area contributed by atoms with E-state index < -0.39 is 6.10 Å². The van der Waals surface area contributed by atoms with E-state index >= 15 is 0 Å². The lowest BCUT2D eigenvalue weighted by molar-refractivity contribution is 0.128. The summed E-state index contributed by atoms with van der Waals surface area (Å²) in [6, 6.07) is 3.86. The van der Waals surface area contributed by atoms with E-state index in [-0.39, 0.29) is 6.04 Å². The van der Waals surface area contributed by atoms with Gasteiger partial charge >= 0.3 is 0 Å². The molecule has 3 nitrogen and oxygen atoms in total. The van der Waals surface area contributed by atoms with E-state index in [4.69, 9.17) is 16.3 Å². The van der Waals surface area contributed by atoms with Gasteiger partial charge in [-0.15, -0.1) is 0 Å². The number of hydrogen-bond donors (Lipinski definition) is 2. The fourth-order valence-electron chi connectivity index (χ4n) is 1.96. The smallest absolute Gasteiger partial charge is 0.125 e. The molecule has 0 saturated carbocycles. The van der Waals surface area contributed by atoms with E-state index in [0.29, 0.717) is 22.4 Å². The third kappa shape index (κ3) is 3.61. The fraction of sp³-hybridized carbons (Fsp3) is 0.571. The van der Waals surface area contributed by atoms with Crippen molar-refractivity contribution in [1.29, 1.82) is 0 Å². The molecule has 2 unspecified atom stereocenters. The van der Waals surface area contributed by atoms with Gasteiger partial charge in [0.25, 0.3) is 0 Å². The molecule has 2 N–H and O–H groups in total. The Morgan fingerprint density at radius 3 is 2.39 bits per heavy atom. The van der Waals surface area contributed by atoms with Gasteiger partial charge in [-0.1, -0.05) is 25.4 Å². The summed E-state index contributed by atoms with van der Waals surface area (Å²) in [5.41, 5.74) is 1.66. The van der Waals surface area contributed by atoms with Crippen LogP contribution in [-0.2, 0) is 0 Å². The summed E-state index contributed by atoms with van der Waals surface area (Å²) < 4.78 is 5.31. The molecule has 0 saturated heterocycles. The maximum absolute atomic E-state index is 10.4.